The van der Waals surface area contributed by atoms with Crippen LogP contribution in [0.3, 0.4) is 0 Å². The van der Waals surface area contributed by atoms with Crippen molar-refractivity contribution in [1.82, 2.24) is 5.32 Å². The van der Waals surface area contributed by atoms with Gasteiger partial charge in [-0.15, -0.1) is 0 Å². The van der Waals surface area contributed by atoms with Crippen molar-refractivity contribution >= 4 is 0 Å². The first kappa shape index (κ1) is 13.8. The zero-order valence-electron chi connectivity index (χ0n) is 11.3. The number of nitrogens with two attached hydrogens (primary N) is 1. The molecule has 2 aromatic rings. The Hall–Kier alpha value is -1.64. The van der Waals surface area contributed by atoms with E-state index in [2.05, 4.69) is 66.0 Å². The van der Waals surface area contributed by atoms with Gasteiger partial charge in [0, 0.05) is 19.1 Å². The lowest BCUT2D eigenvalue weighted by molar-refractivity contribution is 0.506. The highest BCUT2D eigenvalue weighted by Gasteiger charge is 2.09. The summed E-state index contributed by atoms with van der Waals surface area (Å²) in [5, 5.41) is 3.53. The normalized spacial score (nSPS) is 12.3. The summed E-state index contributed by atoms with van der Waals surface area (Å²) in [7, 11) is 0. The third kappa shape index (κ3) is 4.51. The van der Waals surface area contributed by atoms with Crippen molar-refractivity contribution in [2.45, 2.75) is 18.9 Å². The molecule has 1 unspecified atom stereocenters. The summed E-state index contributed by atoms with van der Waals surface area (Å²) in [4.78, 5) is 0. The van der Waals surface area contributed by atoms with E-state index in [0.717, 1.165) is 19.4 Å². The van der Waals surface area contributed by atoms with Gasteiger partial charge >= 0.3 is 0 Å². The topological polar surface area (TPSA) is 38.0 Å². The number of hydrogen-bond acceptors (Lipinski definition) is 2. The predicted molar refractivity (Wildman–Crippen MR) is 81.0 cm³/mol. The lowest BCUT2D eigenvalue weighted by Gasteiger charge is -2.19. The molecule has 100 valence electrons. The Labute approximate surface area is 115 Å². The van der Waals surface area contributed by atoms with Gasteiger partial charge in [-0.3, -0.25) is 0 Å². The van der Waals surface area contributed by atoms with E-state index in [4.69, 9.17) is 5.73 Å². The van der Waals surface area contributed by atoms with Crippen LogP contribution in [0.2, 0.25) is 0 Å². The minimum absolute atomic E-state index is 0.380. The van der Waals surface area contributed by atoms with Gasteiger partial charge in [0.15, 0.2) is 0 Å². The average Bonchev–Trinajstić information content (AvgIpc) is 2.49. The van der Waals surface area contributed by atoms with Gasteiger partial charge in [-0.05, 0) is 24.0 Å². The van der Waals surface area contributed by atoms with Crippen LogP contribution in [0.5, 0.6) is 0 Å². The zero-order chi connectivity index (χ0) is 13.3. The Morgan fingerprint density at radius 2 is 1.53 bits per heavy atom. The highest BCUT2D eigenvalue weighted by molar-refractivity contribution is 5.20. The van der Waals surface area contributed by atoms with E-state index >= 15 is 0 Å². The molecule has 0 aliphatic carbocycles. The average molecular weight is 254 g/mol. The molecule has 0 saturated carbocycles. The van der Waals surface area contributed by atoms with Gasteiger partial charge in [0.05, 0.1) is 0 Å². The Morgan fingerprint density at radius 3 is 2.16 bits per heavy atom. The van der Waals surface area contributed by atoms with Gasteiger partial charge in [0.2, 0.25) is 0 Å². The molecule has 0 aliphatic rings. The molecule has 0 aromatic heterocycles. The van der Waals surface area contributed by atoms with Crippen molar-refractivity contribution in [1.29, 1.82) is 0 Å². The molecule has 0 fully saturated rings. The Balaban J connectivity index is 1.98. The van der Waals surface area contributed by atoms with Crippen LogP contribution in [-0.4, -0.2) is 13.1 Å². The summed E-state index contributed by atoms with van der Waals surface area (Å²) in [6.45, 7) is 1.53. The summed E-state index contributed by atoms with van der Waals surface area (Å²) in [6.07, 6.45) is 2.17. The minimum atomic E-state index is 0.380. The SMILES string of the molecule is NCCNC(CCc1ccccc1)c1ccccc1. The van der Waals surface area contributed by atoms with Gasteiger partial charge in [-0.2, -0.15) is 0 Å². The minimum Gasteiger partial charge on any atom is -0.329 e. The molecule has 2 rings (SSSR count). The molecular formula is C17H22N2. The molecule has 2 aromatic carbocycles. The highest BCUT2D eigenvalue weighted by atomic mass is 14.9. The number of nitrogens with one attached hydrogen (secondary N) is 1. The fourth-order valence-electron chi connectivity index (χ4n) is 2.29. The molecule has 2 heteroatoms. The smallest absolute Gasteiger partial charge is 0.0323 e. The van der Waals surface area contributed by atoms with Crippen molar-refractivity contribution in [3.8, 4) is 0 Å². The van der Waals surface area contributed by atoms with Crippen LogP contribution < -0.4 is 11.1 Å². The summed E-state index contributed by atoms with van der Waals surface area (Å²) >= 11 is 0. The maximum Gasteiger partial charge on any atom is 0.0323 e. The largest absolute Gasteiger partial charge is 0.329 e. The third-order valence-corrected chi connectivity index (χ3v) is 3.30. The van der Waals surface area contributed by atoms with E-state index < -0.39 is 0 Å². The van der Waals surface area contributed by atoms with E-state index in [-0.39, 0.29) is 0 Å². The first-order valence-electron chi connectivity index (χ1n) is 6.92. The van der Waals surface area contributed by atoms with Crippen LogP contribution in [0.25, 0.3) is 0 Å². The molecule has 0 aliphatic heterocycles. The second-order valence-electron chi connectivity index (χ2n) is 4.73. The lowest BCUT2D eigenvalue weighted by atomic mass is 9.99. The van der Waals surface area contributed by atoms with Gasteiger partial charge in [0.1, 0.15) is 0 Å². The van der Waals surface area contributed by atoms with Gasteiger partial charge < -0.3 is 11.1 Å². The summed E-state index contributed by atoms with van der Waals surface area (Å²) in [6, 6.07) is 21.6. The molecule has 0 heterocycles. The molecule has 0 amide bonds. The summed E-state index contributed by atoms with van der Waals surface area (Å²) in [5.74, 6) is 0. The van der Waals surface area contributed by atoms with E-state index in [9.17, 15) is 0 Å². The Bertz CT molecular complexity index is 453. The molecule has 0 spiro atoms. The second-order valence-corrected chi connectivity index (χ2v) is 4.73. The van der Waals surface area contributed by atoms with Crippen molar-refractivity contribution in [3.63, 3.8) is 0 Å². The van der Waals surface area contributed by atoms with Gasteiger partial charge in [-0.1, -0.05) is 60.7 Å². The summed E-state index contributed by atoms with van der Waals surface area (Å²) < 4.78 is 0. The first-order valence-corrected chi connectivity index (χ1v) is 6.92. The molecule has 19 heavy (non-hydrogen) atoms. The molecule has 0 radical (unpaired) electrons. The second kappa shape index (κ2) is 7.72. The van der Waals surface area contributed by atoms with Gasteiger partial charge in [-0.25, -0.2) is 0 Å². The first-order chi connectivity index (χ1) is 9.40. The molecule has 0 bridgehead atoms. The third-order valence-electron chi connectivity index (χ3n) is 3.30. The number of benzene rings is 2. The predicted octanol–water partition coefficient (Wildman–Crippen LogP) is 2.91. The Morgan fingerprint density at radius 1 is 0.895 bits per heavy atom. The number of aryl methyl sites for hydroxylation is 1. The van der Waals surface area contributed by atoms with Crippen molar-refractivity contribution in [3.05, 3.63) is 71.8 Å². The van der Waals surface area contributed by atoms with Crippen LogP contribution in [0.1, 0.15) is 23.6 Å². The van der Waals surface area contributed by atoms with Crippen molar-refractivity contribution < 1.29 is 0 Å². The fraction of sp³-hybridized carbons (Fsp3) is 0.294. The van der Waals surface area contributed by atoms with Crippen LogP contribution in [-0.2, 0) is 6.42 Å². The fourth-order valence-corrected chi connectivity index (χ4v) is 2.29. The van der Waals surface area contributed by atoms with Crippen LogP contribution in [0, 0.1) is 0 Å². The molecular weight excluding hydrogens is 232 g/mol. The quantitative estimate of drug-likeness (QED) is 0.797. The monoisotopic (exact) mass is 254 g/mol. The van der Waals surface area contributed by atoms with E-state index in [0.29, 0.717) is 12.6 Å². The van der Waals surface area contributed by atoms with E-state index in [1.807, 2.05) is 0 Å². The number of rotatable bonds is 7. The highest BCUT2D eigenvalue weighted by Crippen LogP contribution is 2.18. The van der Waals surface area contributed by atoms with E-state index in [1.54, 1.807) is 0 Å². The molecule has 2 nitrogen and oxygen atoms in total. The number of hydrogen-bond donors (Lipinski definition) is 2. The maximum absolute atomic E-state index is 5.60. The van der Waals surface area contributed by atoms with E-state index in [1.165, 1.54) is 11.1 Å². The maximum atomic E-state index is 5.60. The van der Waals surface area contributed by atoms with Crippen LogP contribution in [0.4, 0.5) is 0 Å². The zero-order valence-corrected chi connectivity index (χ0v) is 11.3. The van der Waals surface area contributed by atoms with Crippen LogP contribution in [0.15, 0.2) is 60.7 Å². The standard InChI is InChI=1S/C17H22N2/c18-13-14-19-17(16-9-5-2-6-10-16)12-11-15-7-3-1-4-8-15/h1-10,17,19H,11-14,18H2. The van der Waals surface area contributed by atoms with Gasteiger partial charge in [0.25, 0.3) is 0 Å². The molecule has 3 N–H and O–H groups in total. The van der Waals surface area contributed by atoms with Crippen molar-refractivity contribution in [2.75, 3.05) is 13.1 Å². The summed E-state index contributed by atoms with van der Waals surface area (Å²) in [5.41, 5.74) is 8.33. The Kier molecular flexibility index (Phi) is 5.60. The molecule has 0 saturated heterocycles. The van der Waals surface area contributed by atoms with Crippen molar-refractivity contribution in [2.24, 2.45) is 5.73 Å². The van der Waals surface area contributed by atoms with Crippen LogP contribution >= 0.6 is 0 Å². The lowest BCUT2D eigenvalue weighted by Crippen LogP contribution is -2.27. The molecule has 1 atom stereocenters.